The van der Waals surface area contributed by atoms with E-state index in [-0.39, 0.29) is 5.41 Å². The summed E-state index contributed by atoms with van der Waals surface area (Å²) in [6.07, 6.45) is 0. The summed E-state index contributed by atoms with van der Waals surface area (Å²) in [5, 5.41) is 0. The topological polar surface area (TPSA) is 0 Å². The molecule has 0 bridgehead atoms. The van der Waals surface area contributed by atoms with E-state index >= 15 is 0 Å². The molecule has 1 aromatic rings. The summed E-state index contributed by atoms with van der Waals surface area (Å²) in [4.78, 5) is 0. The molecule has 12 heavy (non-hydrogen) atoms. The Balaban J connectivity index is 2.93. The second kappa shape index (κ2) is 3.98. The standard InChI is InChI=1S/C10H14Se2/c1-10(2,3)8-4-6-9(12-11)7-5-8/h4-7,11H,1-3H3. The molecule has 0 atom stereocenters. The maximum atomic E-state index is 2.66. The van der Waals surface area contributed by atoms with Gasteiger partial charge in [0.05, 0.1) is 0 Å². The van der Waals surface area contributed by atoms with Gasteiger partial charge in [0.2, 0.25) is 0 Å². The fraction of sp³-hybridized carbons (Fsp3) is 0.400. The van der Waals surface area contributed by atoms with Crippen LogP contribution in [-0.4, -0.2) is 27.3 Å². The molecule has 0 aliphatic carbocycles. The third kappa shape index (κ3) is 2.64. The molecule has 2 heteroatoms. The quantitative estimate of drug-likeness (QED) is 0.681. The number of rotatable bonds is 1. The van der Waals surface area contributed by atoms with Crippen molar-refractivity contribution < 1.29 is 0 Å². The van der Waals surface area contributed by atoms with Crippen molar-refractivity contribution in [2.75, 3.05) is 0 Å². The van der Waals surface area contributed by atoms with Crippen molar-refractivity contribution in [3.63, 3.8) is 0 Å². The predicted molar refractivity (Wildman–Crippen MR) is 57.7 cm³/mol. The number of benzene rings is 1. The van der Waals surface area contributed by atoms with Crippen LogP contribution in [0.3, 0.4) is 0 Å². The van der Waals surface area contributed by atoms with Crippen molar-refractivity contribution in [2.45, 2.75) is 26.2 Å². The van der Waals surface area contributed by atoms with Gasteiger partial charge in [-0.3, -0.25) is 0 Å². The predicted octanol–water partition coefficient (Wildman–Crippen LogP) is 1.13. The maximum absolute atomic E-state index is 2.66. The minimum atomic E-state index is 0.286. The van der Waals surface area contributed by atoms with E-state index in [0.29, 0.717) is 13.1 Å². The van der Waals surface area contributed by atoms with Gasteiger partial charge in [0.25, 0.3) is 0 Å². The molecule has 0 spiro atoms. The molecule has 0 heterocycles. The molecular formula is C10H14Se2. The Kier molecular flexibility index (Phi) is 3.43. The van der Waals surface area contributed by atoms with Gasteiger partial charge >= 0.3 is 87.8 Å². The van der Waals surface area contributed by atoms with Gasteiger partial charge in [0, 0.05) is 0 Å². The van der Waals surface area contributed by atoms with E-state index in [1.165, 1.54) is 10.0 Å². The molecule has 66 valence electrons. The first-order valence-electron chi connectivity index (χ1n) is 3.96. The van der Waals surface area contributed by atoms with Gasteiger partial charge in [-0.05, 0) is 0 Å². The molecule has 0 fully saturated rings. The average Bonchev–Trinajstić information content (AvgIpc) is 2.03. The Labute approximate surface area is 87.7 Å². The van der Waals surface area contributed by atoms with Crippen LogP contribution in [0.25, 0.3) is 0 Å². The molecule has 0 nitrogen and oxygen atoms in total. The average molecular weight is 292 g/mol. The summed E-state index contributed by atoms with van der Waals surface area (Å²) in [7, 11) is 0. The van der Waals surface area contributed by atoms with Crippen LogP contribution in [-0.2, 0) is 5.41 Å². The fourth-order valence-electron chi connectivity index (χ4n) is 1.02. The first-order valence-corrected chi connectivity index (χ1v) is 9.56. The zero-order chi connectivity index (χ0) is 9.19. The Morgan fingerprint density at radius 1 is 1.08 bits per heavy atom. The van der Waals surface area contributed by atoms with Gasteiger partial charge in [-0.15, -0.1) is 0 Å². The van der Waals surface area contributed by atoms with E-state index in [1.54, 1.807) is 0 Å². The first kappa shape index (κ1) is 10.3. The van der Waals surface area contributed by atoms with Crippen molar-refractivity contribution in [1.82, 2.24) is 0 Å². The van der Waals surface area contributed by atoms with Crippen LogP contribution in [0.2, 0.25) is 0 Å². The molecule has 0 unspecified atom stereocenters. The second-order valence-corrected chi connectivity index (χ2v) is 7.23. The van der Waals surface area contributed by atoms with Crippen LogP contribution in [0.4, 0.5) is 0 Å². The summed E-state index contributed by atoms with van der Waals surface area (Å²) in [5.41, 5.74) is 1.71. The molecule has 0 radical (unpaired) electrons. The van der Waals surface area contributed by atoms with Crippen molar-refractivity contribution >= 4 is 31.8 Å². The van der Waals surface area contributed by atoms with Gasteiger partial charge in [-0.1, -0.05) is 0 Å². The molecule has 0 aliphatic heterocycles. The molecule has 0 amide bonds. The normalized spacial score (nSPS) is 11.7. The van der Waals surface area contributed by atoms with E-state index in [9.17, 15) is 0 Å². The van der Waals surface area contributed by atoms with Crippen molar-refractivity contribution in [3.05, 3.63) is 29.8 Å². The van der Waals surface area contributed by atoms with Gasteiger partial charge in [-0.2, -0.15) is 0 Å². The van der Waals surface area contributed by atoms with Crippen molar-refractivity contribution in [3.8, 4) is 0 Å². The zero-order valence-corrected chi connectivity index (χ0v) is 11.3. The molecule has 0 aromatic heterocycles. The fourth-order valence-corrected chi connectivity index (χ4v) is 2.88. The molecule has 1 aromatic carbocycles. The van der Waals surface area contributed by atoms with Crippen LogP contribution >= 0.6 is 0 Å². The minimum absolute atomic E-state index is 0.286. The van der Waals surface area contributed by atoms with Gasteiger partial charge in [0.15, 0.2) is 0 Å². The van der Waals surface area contributed by atoms with E-state index in [2.05, 4.69) is 59.2 Å². The Hall–Kier alpha value is 0.259. The summed E-state index contributed by atoms with van der Waals surface area (Å²) in [6, 6.07) is 8.95. The van der Waals surface area contributed by atoms with E-state index < -0.39 is 0 Å². The van der Waals surface area contributed by atoms with Gasteiger partial charge in [-0.25, -0.2) is 0 Å². The van der Waals surface area contributed by atoms with Crippen molar-refractivity contribution in [2.24, 2.45) is 0 Å². The third-order valence-electron chi connectivity index (χ3n) is 1.83. The zero-order valence-electron chi connectivity index (χ0n) is 7.66. The van der Waals surface area contributed by atoms with E-state index in [4.69, 9.17) is 0 Å². The van der Waals surface area contributed by atoms with E-state index in [0.717, 1.165) is 0 Å². The Morgan fingerprint density at radius 2 is 1.58 bits per heavy atom. The number of hydrogen-bond acceptors (Lipinski definition) is 0. The SMILES string of the molecule is CC(C)(C)c1ccc([Se][SeH])cc1. The summed E-state index contributed by atoms with van der Waals surface area (Å²) < 4.78 is 1.45. The first-order chi connectivity index (χ1) is 5.54. The molecule has 1 rings (SSSR count). The van der Waals surface area contributed by atoms with Crippen LogP contribution in [0.1, 0.15) is 26.3 Å². The van der Waals surface area contributed by atoms with Gasteiger partial charge < -0.3 is 0 Å². The van der Waals surface area contributed by atoms with Crippen LogP contribution in [0, 0.1) is 0 Å². The molecular weight excluding hydrogens is 278 g/mol. The van der Waals surface area contributed by atoms with Crippen LogP contribution in [0.5, 0.6) is 0 Å². The van der Waals surface area contributed by atoms with Crippen LogP contribution in [0.15, 0.2) is 24.3 Å². The molecule has 0 saturated carbocycles. The third-order valence-corrected chi connectivity index (χ3v) is 5.14. The van der Waals surface area contributed by atoms with Crippen LogP contribution < -0.4 is 4.46 Å². The molecule has 0 aliphatic rings. The summed E-state index contributed by atoms with van der Waals surface area (Å²) in [5.74, 6) is 0. The second-order valence-electron chi connectivity index (χ2n) is 3.87. The molecule has 0 N–H and O–H groups in total. The molecule has 0 saturated heterocycles. The monoisotopic (exact) mass is 294 g/mol. The summed E-state index contributed by atoms with van der Waals surface area (Å²) in [6.45, 7) is 6.74. The summed E-state index contributed by atoms with van der Waals surface area (Å²) >= 11 is 3.24. The van der Waals surface area contributed by atoms with E-state index in [1.807, 2.05) is 0 Å². The van der Waals surface area contributed by atoms with Gasteiger partial charge in [0.1, 0.15) is 0 Å². The Bertz CT molecular complexity index is 244. The number of hydrogen-bond donors (Lipinski definition) is 0. The van der Waals surface area contributed by atoms with Crippen molar-refractivity contribution in [1.29, 1.82) is 0 Å². The Morgan fingerprint density at radius 3 is 1.92 bits per heavy atom.